The summed E-state index contributed by atoms with van der Waals surface area (Å²) in [6, 6.07) is 13.0. The van der Waals surface area contributed by atoms with Gasteiger partial charge in [0.1, 0.15) is 66.9 Å². The van der Waals surface area contributed by atoms with Gasteiger partial charge in [0.25, 0.3) is 16.7 Å². The highest BCUT2D eigenvalue weighted by Crippen LogP contribution is 2.51. The molecule has 3 aliphatic rings. The number of phenols is 3. The average molecular weight is 2070 g/mol. The molecule has 12 heterocycles. The lowest BCUT2D eigenvalue weighted by Crippen LogP contribution is -2.58. The molecular formula is C99H87Cl7F8N18O9. The molecule has 6 atom stereocenters. The lowest BCUT2D eigenvalue weighted by atomic mass is 10.0. The topological polar surface area (TPSA) is 346 Å². The zero-order valence-corrected chi connectivity index (χ0v) is 83.3. The van der Waals surface area contributed by atoms with E-state index in [-0.39, 0.29) is 199 Å². The Hall–Kier alpha value is -13.4. The van der Waals surface area contributed by atoms with Crippen molar-refractivity contribution in [2.75, 3.05) is 54.0 Å². The molecule has 0 saturated carbocycles. The molecule has 3 N–H and O–H groups in total. The largest absolute Gasteiger partial charge is 0.504 e. The quantitative estimate of drug-likeness (QED) is 0.0371. The van der Waals surface area contributed by atoms with E-state index < -0.39 is 129 Å². The van der Waals surface area contributed by atoms with Gasteiger partial charge in [0.2, 0.25) is 17.7 Å². The number of halogens is 15. The summed E-state index contributed by atoms with van der Waals surface area (Å²) in [5, 5.41) is 58.3. The number of fused-ring (bicyclic) bond motifs is 3. The first kappa shape index (κ1) is 105. The van der Waals surface area contributed by atoms with Crippen molar-refractivity contribution in [3.63, 3.8) is 0 Å². The summed E-state index contributed by atoms with van der Waals surface area (Å²) in [5.74, 6) is -18.2. The molecule has 3 saturated heterocycles. The molecule has 0 unspecified atom stereocenters. The molecule has 3 fully saturated rings. The lowest BCUT2D eigenvalue weighted by Gasteiger charge is -2.45. The van der Waals surface area contributed by atoms with E-state index in [0.717, 1.165) is 9.13 Å². The predicted octanol–water partition coefficient (Wildman–Crippen LogP) is 20.9. The average Bonchev–Trinajstić information content (AvgIpc) is 0.725. The fourth-order valence-corrected chi connectivity index (χ4v) is 20.3. The molecule has 3 amide bonds. The highest BCUT2D eigenvalue weighted by molar-refractivity contribution is 6.39. The maximum absolute atomic E-state index is 15.6. The number of aromatic nitrogens is 9. The Labute approximate surface area is 836 Å². The highest BCUT2D eigenvalue weighted by atomic mass is 35.5. The van der Waals surface area contributed by atoms with Gasteiger partial charge in [0.15, 0.2) is 63.8 Å². The summed E-state index contributed by atoms with van der Waals surface area (Å²) in [6.45, 7) is 39.4. The molecule has 27 nitrogen and oxygen atoms in total. The van der Waals surface area contributed by atoms with Crippen LogP contribution in [0.3, 0.4) is 0 Å². The summed E-state index contributed by atoms with van der Waals surface area (Å²) in [5.41, 5.74) is -2.77. The number of aryl methyl sites for hydroxylation is 3. The molecule has 15 rings (SSSR count). The molecule has 3 aliphatic heterocycles. The minimum atomic E-state index is -1.77. The number of piperazine rings is 3. The number of anilines is 3. The molecule has 9 aromatic heterocycles. The molecule has 732 valence electrons. The van der Waals surface area contributed by atoms with E-state index in [9.17, 15) is 81.8 Å². The Morgan fingerprint density at radius 2 is 0.624 bits per heavy atom. The minimum absolute atomic E-state index is 0.0401. The van der Waals surface area contributed by atoms with Gasteiger partial charge in [0, 0.05) is 110 Å². The van der Waals surface area contributed by atoms with Crippen LogP contribution < -0.4 is 31.4 Å². The first-order valence-corrected chi connectivity index (χ1v) is 46.3. The fourth-order valence-electron chi connectivity index (χ4n) is 18.7. The number of carbonyl (C=O) groups excluding carboxylic acids is 3. The Bertz CT molecular complexity index is 6870. The van der Waals surface area contributed by atoms with Gasteiger partial charge < -0.3 is 44.7 Å². The third kappa shape index (κ3) is 18.2. The second kappa shape index (κ2) is 41.0. The van der Waals surface area contributed by atoms with E-state index in [1.54, 1.807) is 82.1 Å². The molecule has 0 spiro atoms. The van der Waals surface area contributed by atoms with Crippen LogP contribution in [0.1, 0.15) is 151 Å². The SMILES string of the molecule is C=CC(=O)N1[C@H](C)CN(c2c(C#N)c(=O)n(-c3c(C)ccnc3C(C)C)c3nc(-c4c(F)c(Cl)c(F)c(O)c4Cl)c(Cl)cc23)C[C@@H]1C.C=CC(=O)N1[C@H](C)CN(c2c(C#N)c(=O)n(-c3c(C)ccnc3C(C)C)c3nc(-c4c(O)c(F)c(Cl)c(F)c4F)c(Cl)cc23)C[C@@H]1C.C=CC(=O)N1[C@H](C)CN(c2c(C#N)c(=O)n(-c3c(C)ccnc3C(C)C)c3nc(-c4c(O)c(F)c(Cl)c(F)c4F)c(Cl)cc23)C[C@@H]1C. The molecule has 0 radical (unpaired) electrons. The standard InChI is InChI=1S/C33H29Cl3F2N6O3.2C33H29Cl2F3N6O3/c1-7-21(45)43-16(5)12-42(13-17(43)6)30-18-10-20(34)28(22-23(35)31(46)26(38)24(36)25(22)37)41-32(18)44(33(47)19(30)11-39)29-15(4)8-9-40-27(29)14(2)3;2*1-7-21(45)43-16(5)12-42(13-17(43)6)30-18-10-20(34)28(22-24(36)25(37)23(35)26(38)31(22)46)41-32(18)44(33(47)19(30)11-39)29-15(4)8-9-40-27(29)14(2)3/h3*7-10,14,16-17,46H,1,12-13H2,2-6H3/t3*16-,17+. The monoisotopic (exact) mass is 2070 g/mol. The number of hydrogen-bond acceptors (Lipinski definition) is 21. The normalized spacial score (nSPS) is 16.6. The Balaban J connectivity index is 0.000000178. The van der Waals surface area contributed by atoms with Gasteiger partial charge in [-0.3, -0.25) is 57.4 Å². The Morgan fingerprint density at radius 1 is 0.383 bits per heavy atom. The van der Waals surface area contributed by atoms with Gasteiger partial charge in [-0.2, -0.15) is 15.8 Å². The van der Waals surface area contributed by atoms with E-state index in [0.29, 0.717) is 50.8 Å². The maximum Gasteiger partial charge on any atom is 0.276 e. The van der Waals surface area contributed by atoms with Crippen molar-refractivity contribution >= 4 is 149 Å². The number of carbonyl (C=O) groups is 3. The van der Waals surface area contributed by atoms with Crippen molar-refractivity contribution in [3.8, 4) is 86.3 Å². The van der Waals surface area contributed by atoms with E-state index in [1.807, 2.05) is 100 Å². The van der Waals surface area contributed by atoms with Gasteiger partial charge in [-0.25, -0.2) is 50.1 Å². The van der Waals surface area contributed by atoms with Crippen LogP contribution in [0.15, 0.2) is 107 Å². The third-order valence-corrected chi connectivity index (χ3v) is 27.0. The minimum Gasteiger partial charge on any atom is -0.504 e. The smallest absolute Gasteiger partial charge is 0.276 e. The molecule has 3 aromatic carbocycles. The fraction of sp³-hybridized carbons (Fsp3) is 0.303. The molecule has 42 heteroatoms. The number of amides is 3. The Morgan fingerprint density at radius 3 is 0.865 bits per heavy atom. The number of hydrogen-bond donors (Lipinski definition) is 3. The van der Waals surface area contributed by atoms with Crippen LogP contribution in [0, 0.1) is 101 Å². The number of rotatable bonds is 15. The number of benzene rings is 3. The molecular weight excluding hydrogens is 1990 g/mol. The summed E-state index contributed by atoms with van der Waals surface area (Å²) in [7, 11) is 0. The molecule has 0 bridgehead atoms. The summed E-state index contributed by atoms with van der Waals surface area (Å²) < 4.78 is 123. The number of nitrogens with zero attached hydrogens (tertiary/aromatic N) is 18. The maximum atomic E-state index is 15.6. The zero-order chi connectivity index (χ0) is 104. The predicted molar refractivity (Wildman–Crippen MR) is 527 cm³/mol. The third-order valence-electron chi connectivity index (χ3n) is 24.8. The number of phenolic OH excluding ortho intramolecular Hbond substituents is 3. The van der Waals surface area contributed by atoms with Gasteiger partial charge >= 0.3 is 0 Å². The summed E-state index contributed by atoms with van der Waals surface area (Å²) in [4.78, 5) is 119. The van der Waals surface area contributed by atoms with Crippen molar-refractivity contribution < 1.29 is 64.8 Å². The molecule has 12 aromatic rings. The van der Waals surface area contributed by atoms with Crippen LogP contribution in [0.5, 0.6) is 17.2 Å². The van der Waals surface area contributed by atoms with Crippen molar-refractivity contribution in [1.82, 2.24) is 58.3 Å². The van der Waals surface area contributed by atoms with Crippen molar-refractivity contribution in [2.45, 2.75) is 158 Å². The van der Waals surface area contributed by atoms with Gasteiger partial charge in [-0.1, -0.05) is 142 Å². The first-order valence-electron chi connectivity index (χ1n) is 43.7. The molecule has 141 heavy (non-hydrogen) atoms. The number of nitriles is 3. The van der Waals surface area contributed by atoms with Crippen molar-refractivity contribution in [2.24, 2.45) is 0 Å². The Kier molecular flexibility index (Phi) is 30.5. The van der Waals surface area contributed by atoms with E-state index >= 15 is 13.2 Å². The second-order valence-electron chi connectivity index (χ2n) is 35.1. The van der Waals surface area contributed by atoms with Crippen LogP contribution in [-0.2, 0) is 14.4 Å². The van der Waals surface area contributed by atoms with Gasteiger partial charge in [0.05, 0.1) is 105 Å². The zero-order valence-electron chi connectivity index (χ0n) is 78.0. The van der Waals surface area contributed by atoms with Crippen LogP contribution in [0.4, 0.5) is 52.2 Å². The number of aromatic hydroxyl groups is 3. The van der Waals surface area contributed by atoms with Gasteiger partial charge in [-0.05, 0) is 151 Å². The lowest BCUT2D eigenvalue weighted by molar-refractivity contribution is -0.131. The van der Waals surface area contributed by atoms with E-state index in [4.69, 9.17) is 81.2 Å². The summed E-state index contributed by atoms with van der Waals surface area (Å²) in [6.07, 6.45) is 8.39. The van der Waals surface area contributed by atoms with Gasteiger partial charge in [-0.15, -0.1) is 0 Å². The highest BCUT2D eigenvalue weighted by Gasteiger charge is 2.43. The van der Waals surface area contributed by atoms with E-state index in [1.165, 1.54) is 41.0 Å². The molecule has 0 aliphatic carbocycles. The van der Waals surface area contributed by atoms with Crippen LogP contribution in [0.2, 0.25) is 35.2 Å². The summed E-state index contributed by atoms with van der Waals surface area (Å²) >= 11 is 43.3. The number of pyridine rings is 9. The first-order chi connectivity index (χ1) is 66.5. The van der Waals surface area contributed by atoms with Crippen molar-refractivity contribution in [1.29, 1.82) is 15.8 Å². The van der Waals surface area contributed by atoms with E-state index in [2.05, 4.69) is 55.7 Å². The van der Waals surface area contributed by atoms with Crippen molar-refractivity contribution in [3.05, 3.63) is 256 Å². The second-order valence-corrected chi connectivity index (χ2v) is 37.9. The van der Waals surface area contributed by atoms with Crippen LogP contribution in [0.25, 0.3) is 83.9 Å². The van der Waals surface area contributed by atoms with Crippen LogP contribution >= 0.6 is 81.2 Å². The van der Waals surface area contributed by atoms with Crippen LogP contribution in [-0.4, -0.2) is 167 Å².